The van der Waals surface area contributed by atoms with Gasteiger partial charge in [0.25, 0.3) is 5.91 Å². The Morgan fingerprint density at radius 2 is 1.81 bits per heavy atom. The summed E-state index contributed by atoms with van der Waals surface area (Å²) in [6.07, 6.45) is 1.55. The third kappa shape index (κ3) is 4.04. The third-order valence-electron chi connectivity index (χ3n) is 4.82. The van der Waals surface area contributed by atoms with Crippen molar-refractivity contribution in [3.05, 3.63) is 30.3 Å². The van der Waals surface area contributed by atoms with Crippen molar-refractivity contribution < 1.29 is 14.4 Å². The van der Waals surface area contributed by atoms with Gasteiger partial charge in [-0.2, -0.15) is 0 Å². The van der Waals surface area contributed by atoms with Crippen LogP contribution in [0, 0.1) is 0 Å². The van der Waals surface area contributed by atoms with Gasteiger partial charge >= 0.3 is 6.03 Å². The number of imide groups is 1. The molecule has 2 aliphatic rings. The van der Waals surface area contributed by atoms with Gasteiger partial charge in [-0.1, -0.05) is 18.2 Å². The van der Waals surface area contributed by atoms with Crippen molar-refractivity contribution in [1.29, 1.82) is 0 Å². The van der Waals surface area contributed by atoms with E-state index in [9.17, 15) is 14.4 Å². The molecule has 1 aromatic rings. The molecule has 0 aromatic heterocycles. The summed E-state index contributed by atoms with van der Waals surface area (Å²) in [6, 6.07) is 8.99. The summed E-state index contributed by atoms with van der Waals surface area (Å²) >= 11 is 0. The molecular weight excluding hydrogens is 332 g/mol. The summed E-state index contributed by atoms with van der Waals surface area (Å²) in [7, 11) is 0. The lowest BCUT2D eigenvalue weighted by Crippen LogP contribution is -2.49. The highest BCUT2D eigenvalue weighted by atomic mass is 16.2. The van der Waals surface area contributed by atoms with Gasteiger partial charge in [-0.25, -0.2) is 9.69 Å². The van der Waals surface area contributed by atoms with Crippen molar-refractivity contribution in [2.45, 2.75) is 38.8 Å². The van der Waals surface area contributed by atoms with Gasteiger partial charge in [0, 0.05) is 25.2 Å². The topological polar surface area (TPSA) is 73.0 Å². The Bertz CT molecular complexity index is 669. The second-order valence-electron chi connectivity index (χ2n) is 7.20. The molecule has 1 N–H and O–H groups in total. The molecule has 7 nitrogen and oxygen atoms in total. The van der Waals surface area contributed by atoms with Crippen molar-refractivity contribution >= 4 is 23.5 Å². The molecule has 1 aromatic carbocycles. The van der Waals surface area contributed by atoms with Gasteiger partial charge in [0.1, 0.15) is 6.54 Å². The number of para-hydroxylation sites is 1. The fraction of sp³-hybridized carbons (Fsp3) is 0.526. The standard InChI is InChI=1S/C19H26N4O3/c1-14(2)20-17(24)12-21-10-8-15(9-11-21)22-13-18(25)23(19(22)26)16-6-4-3-5-7-16/h3-7,14-15H,8-13H2,1-2H3,(H,20,24). The van der Waals surface area contributed by atoms with Gasteiger partial charge in [0.2, 0.25) is 5.91 Å². The van der Waals surface area contributed by atoms with Crippen LogP contribution in [0.5, 0.6) is 0 Å². The Balaban J connectivity index is 1.56. The van der Waals surface area contributed by atoms with E-state index in [0.717, 1.165) is 25.9 Å². The van der Waals surface area contributed by atoms with Crippen molar-refractivity contribution in [2.24, 2.45) is 0 Å². The van der Waals surface area contributed by atoms with Gasteiger partial charge in [0.15, 0.2) is 0 Å². The number of carbonyl (C=O) groups excluding carboxylic acids is 3. The predicted molar refractivity (Wildman–Crippen MR) is 98.8 cm³/mol. The highest BCUT2D eigenvalue weighted by Crippen LogP contribution is 2.26. The van der Waals surface area contributed by atoms with Crippen molar-refractivity contribution in [1.82, 2.24) is 15.1 Å². The van der Waals surface area contributed by atoms with Crippen LogP contribution in [-0.4, -0.2) is 65.9 Å². The number of carbonyl (C=O) groups is 3. The monoisotopic (exact) mass is 358 g/mol. The molecule has 0 aliphatic carbocycles. The lowest BCUT2D eigenvalue weighted by atomic mass is 10.0. The van der Waals surface area contributed by atoms with Crippen LogP contribution in [0.1, 0.15) is 26.7 Å². The van der Waals surface area contributed by atoms with Gasteiger partial charge in [0.05, 0.1) is 12.2 Å². The summed E-state index contributed by atoms with van der Waals surface area (Å²) in [5.74, 6) is -0.152. The number of anilines is 1. The van der Waals surface area contributed by atoms with Gasteiger partial charge < -0.3 is 10.2 Å². The number of urea groups is 1. The fourth-order valence-corrected chi connectivity index (χ4v) is 3.60. The quantitative estimate of drug-likeness (QED) is 0.809. The summed E-state index contributed by atoms with van der Waals surface area (Å²) < 4.78 is 0. The zero-order chi connectivity index (χ0) is 18.7. The molecule has 0 bridgehead atoms. The van der Waals surface area contributed by atoms with E-state index in [1.807, 2.05) is 32.0 Å². The first kappa shape index (κ1) is 18.4. The van der Waals surface area contributed by atoms with Crippen LogP contribution in [0.3, 0.4) is 0 Å². The molecule has 7 heteroatoms. The number of nitrogens with zero attached hydrogens (tertiary/aromatic N) is 3. The van der Waals surface area contributed by atoms with E-state index < -0.39 is 0 Å². The molecule has 2 heterocycles. The summed E-state index contributed by atoms with van der Waals surface area (Å²) in [5.41, 5.74) is 0.618. The second kappa shape index (κ2) is 7.86. The highest BCUT2D eigenvalue weighted by molar-refractivity contribution is 6.19. The minimum Gasteiger partial charge on any atom is -0.353 e. The van der Waals surface area contributed by atoms with E-state index in [1.54, 1.807) is 17.0 Å². The molecule has 2 fully saturated rings. The lowest BCUT2D eigenvalue weighted by Gasteiger charge is -2.35. The summed E-state index contributed by atoms with van der Waals surface area (Å²) in [4.78, 5) is 42.0. The second-order valence-corrected chi connectivity index (χ2v) is 7.20. The minimum atomic E-state index is -0.239. The number of nitrogens with one attached hydrogen (secondary N) is 1. The minimum absolute atomic E-state index is 0.0288. The van der Waals surface area contributed by atoms with Crippen LogP contribution in [0.25, 0.3) is 0 Å². The maximum Gasteiger partial charge on any atom is 0.332 e. The van der Waals surface area contributed by atoms with E-state index in [2.05, 4.69) is 10.2 Å². The van der Waals surface area contributed by atoms with Gasteiger partial charge in [-0.05, 0) is 38.8 Å². The Kier molecular flexibility index (Phi) is 5.56. The average molecular weight is 358 g/mol. The molecule has 4 amide bonds. The maximum absolute atomic E-state index is 12.7. The van der Waals surface area contributed by atoms with Crippen molar-refractivity contribution in [3.63, 3.8) is 0 Å². The smallest absolute Gasteiger partial charge is 0.332 e. The molecule has 0 saturated carbocycles. The normalized spacial score (nSPS) is 19.5. The van der Waals surface area contributed by atoms with Gasteiger partial charge in [-0.3, -0.25) is 14.5 Å². The lowest BCUT2D eigenvalue weighted by molar-refractivity contribution is -0.123. The largest absolute Gasteiger partial charge is 0.353 e. The number of piperidine rings is 1. The third-order valence-corrected chi connectivity index (χ3v) is 4.82. The summed E-state index contributed by atoms with van der Waals surface area (Å²) in [5, 5.41) is 2.90. The number of likely N-dealkylation sites (tertiary alicyclic amines) is 1. The molecule has 26 heavy (non-hydrogen) atoms. The molecule has 0 unspecified atom stereocenters. The van der Waals surface area contributed by atoms with Crippen LogP contribution < -0.4 is 10.2 Å². The zero-order valence-electron chi connectivity index (χ0n) is 15.4. The van der Waals surface area contributed by atoms with Gasteiger partial charge in [-0.15, -0.1) is 0 Å². The SMILES string of the molecule is CC(C)NC(=O)CN1CCC(N2CC(=O)N(c3ccccc3)C2=O)CC1. The van der Waals surface area contributed by atoms with Crippen molar-refractivity contribution in [3.8, 4) is 0 Å². The molecule has 3 rings (SSSR count). The van der Waals surface area contributed by atoms with Crippen LogP contribution in [0.15, 0.2) is 30.3 Å². The highest BCUT2D eigenvalue weighted by Gasteiger charge is 2.41. The Labute approximate surface area is 153 Å². The Morgan fingerprint density at radius 3 is 2.42 bits per heavy atom. The Hall–Kier alpha value is -2.41. The molecule has 0 spiro atoms. The fourth-order valence-electron chi connectivity index (χ4n) is 3.60. The summed E-state index contributed by atoms with van der Waals surface area (Å²) in [6.45, 7) is 5.90. The van der Waals surface area contributed by atoms with E-state index >= 15 is 0 Å². The van der Waals surface area contributed by atoms with E-state index in [1.165, 1.54) is 4.90 Å². The van der Waals surface area contributed by atoms with Crippen molar-refractivity contribution in [2.75, 3.05) is 31.1 Å². The predicted octanol–water partition coefficient (Wildman–Crippen LogP) is 1.44. The van der Waals surface area contributed by atoms with E-state index in [-0.39, 0.29) is 36.5 Å². The van der Waals surface area contributed by atoms with Crippen LogP contribution in [0.4, 0.5) is 10.5 Å². The zero-order valence-corrected chi connectivity index (χ0v) is 15.4. The molecule has 0 atom stereocenters. The first-order chi connectivity index (χ1) is 12.5. The number of amides is 4. The van der Waals surface area contributed by atoms with Crippen LogP contribution >= 0.6 is 0 Å². The number of rotatable bonds is 5. The van der Waals surface area contributed by atoms with Crippen LogP contribution in [-0.2, 0) is 9.59 Å². The molecule has 2 saturated heterocycles. The first-order valence-corrected chi connectivity index (χ1v) is 9.16. The van der Waals surface area contributed by atoms with Crippen LogP contribution in [0.2, 0.25) is 0 Å². The average Bonchev–Trinajstić information content (AvgIpc) is 2.90. The molecule has 0 radical (unpaired) electrons. The number of benzene rings is 1. The molecular formula is C19H26N4O3. The first-order valence-electron chi connectivity index (χ1n) is 9.16. The van der Waals surface area contributed by atoms with E-state index in [0.29, 0.717) is 12.2 Å². The van der Waals surface area contributed by atoms with E-state index in [4.69, 9.17) is 0 Å². The molecule has 140 valence electrons. The number of hydrogen-bond acceptors (Lipinski definition) is 4. The molecule has 2 aliphatic heterocycles. The Morgan fingerprint density at radius 1 is 1.15 bits per heavy atom. The maximum atomic E-state index is 12.7. The number of hydrogen-bond donors (Lipinski definition) is 1.